The monoisotopic (exact) mass is 273 g/mol. The van der Waals surface area contributed by atoms with E-state index >= 15 is 0 Å². The van der Waals surface area contributed by atoms with Crippen LogP contribution in [-0.2, 0) is 11.3 Å². The van der Waals surface area contributed by atoms with E-state index in [1.807, 2.05) is 0 Å². The van der Waals surface area contributed by atoms with Gasteiger partial charge in [-0.25, -0.2) is 0 Å². The molecule has 0 radical (unpaired) electrons. The number of nitrogens with zero attached hydrogens (tertiary/aromatic N) is 3. The third kappa shape index (κ3) is 2.39. The van der Waals surface area contributed by atoms with E-state index in [0.29, 0.717) is 23.9 Å². The molecule has 7 nitrogen and oxygen atoms in total. The topological polar surface area (TPSA) is 94.4 Å². The Hall–Kier alpha value is -2.67. The van der Waals surface area contributed by atoms with E-state index in [0.717, 1.165) is 5.56 Å². The summed E-state index contributed by atoms with van der Waals surface area (Å²) < 4.78 is 15.1. The van der Waals surface area contributed by atoms with Crippen LogP contribution in [0.2, 0.25) is 0 Å². The van der Waals surface area contributed by atoms with E-state index in [-0.39, 0.29) is 11.6 Å². The van der Waals surface area contributed by atoms with Gasteiger partial charge in [-0.15, -0.1) is 0 Å². The van der Waals surface area contributed by atoms with Crippen molar-refractivity contribution >= 4 is 0 Å². The van der Waals surface area contributed by atoms with Gasteiger partial charge >= 0.3 is 0 Å². The molecular weight excluding hydrogens is 262 g/mol. The molecule has 2 heterocycles. The Kier molecular flexibility index (Phi) is 3.18. The minimum atomic E-state index is 0.179. The molecular formula is C13H11N3O4. The summed E-state index contributed by atoms with van der Waals surface area (Å²) >= 11 is 0. The van der Waals surface area contributed by atoms with Crippen LogP contribution in [0.5, 0.6) is 5.75 Å². The van der Waals surface area contributed by atoms with Crippen LogP contribution in [0.4, 0.5) is 0 Å². The van der Waals surface area contributed by atoms with E-state index < -0.39 is 0 Å². The number of rotatable bonds is 4. The van der Waals surface area contributed by atoms with Crippen LogP contribution in [-0.4, -0.2) is 27.5 Å². The second-order valence-corrected chi connectivity index (χ2v) is 4.08. The molecule has 0 bridgehead atoms. The molecule has 0 amide bonds. The van der Waals surface area contributed by atoms with Crippen LogP contribution in [0.25, 0.3) is 23.0 Å². The molecule has 0 fully saturated rings. The van der Waals surface area contributed by atoms with Gasteiger partial charge in [-0.2, -0.15) is 4.98 Å². The standard InChI is InChI=1S/C13H11N3O4/c1-18-7-10-6-11(15-19-10)13-14-12(16-20-13)8-2-4-9(17)5-3-8/h2-6,17H,7H2,1H3. The van der Waals surface area contributed by atoms with E-state index in [2.05, 4.69) is 15.3 Å². The minimum absolute atomic E-state index is 0.179. The number of methoxy groups -OCH3 is 1. The summed E-state index contributed by atoms with van der Waals surface area (Å²) in [6.45, 7) is 0.325. The van der Waals surface area contributed by atoms with Crippen molar-refractivity contribution in [3.8, 4) is 28.7 Å². The van der Waals surface area contributed by atoms with E-state index in [9.17, 15) is 5.11 Å². The Morgan fingerprint density at radius 1 is 1.15 bits per heavy atom. The predicted octanol–water partition coefficient (Wildman–Crippen LogP) is 2.24. The predicted molar refractivity (Wildman–Crippen MR) is 67.6 cm³/mol. The first-order valence-corrected chi connectivity index (χ1v) is 5.84. The molecule has 3 aromatic rings. The van der Waals surface area contributed by atoms with Gasteiger partial charge < -0.3 is 18.9 Å². The first-order chi connectivity index (χ1) is 9.76. The molecule has 1 N–H and O–H groups in total. The fourth-order valence-corrected chi connectivity index (χ4v) is 1.68. The van der Waals surface area contributed by atoms with Crippen molar-refractivity contribution in [2.45, 2.75) is 6.61 Å². The number of aromatic hydroxyl groups is 1. The van der Waals surface area contributed by atoms with Gasteiger partial charge in [0.15, 0.2) is 11.5 Å². The number of ether oxygens (including phenoxy) is 1. The maximum absolute atomic E-state index is 9.24. The lowest BCUT2D eigenvalue weighted by Crippen LogP contribution is -1.82. The summed E-state index contributed by atoms with van der Waals surface area (Å²) in [6.07, 6.45) is 0. The number of hydrogen-bond acceptors (Lipinski definition) is 7. The molecule has 0 aliphatic carbocycles. The van der Waals surface area contributed by atoms with Gasteiger partial charge in [0.2, 0.25) is 5.82 Å². The first kappa shape index (κ1) is 12.4. The summed E-state index contributed by atoms with van der Waals surface area (Å²) in [5.74, 6) is 1.43. The Bertz CT molecular complexity index is 702. The molecule has 1 aromatic carbocycles. The number of phenolic OH excluding ortho intramolecular Hbond substituents is 1. The van der Waals surface area contributed by atoms with Gasteiger partial charge in [-0.05, 0) is 24.3 Å². The molecule has 20 heavy (non-hydrogen) atoms. The normalized spacial score (nSPS) is 10.8. The fraction of sp³-hybridized carbons (Fsp3) is 0.154. The van der Waals surface area contributed by atoms with Crippen molar-refractivity contribution in [1.29, 1.82) is 0 Å². The number of aromatic nitrogens is 3. The summed E-state index contributed by atoms with van der Waals surface area (Å²) in [7, 11) is 1.57. The second kappa shape index (κ2) is 5.14. The summed E-state index contributed by atoms with van der Waals surface area (Å²) in [5, 5.41) is 16.9. The summed E-state index contributed by atoms with van der Waals surface area (Å²) in [6, 6.07) is 8.18. The maximum Gasteiger partial charge on any atom is 0.280 e. The highest BCUT2D eigenvalue weighted by atomic mass is 16.5. The number of benzene rings is 1. The van der Waals surface area contributed by atoms with Gasteiger partial charge in [0.05, 0.1) is 0 Å². The van der Waals surface area contributed by atoms with Gasteiger partial charge in [0, 0.05) is 18.7 Å². The molecule has 0 unspecified atom stereocenters. The van der Waals surface area contributed by atoms with Crippen LogP contribution in [0.3, 0.4) is 0 Å². The van der Waals surface area contributed by atoms with Gasteiger partial charge in [-0.3, -0.25) is 0 Å². The Labute approximate surface area is 113 Å². The molecule has 102 valence electrons. The molecule has 7 heteroatoms. The molecule has 0 atom stereocenters. The van der Waals surface area contributed by atoms with Crippen molar-refractivity contribution in [2.75, 3.05) is 7.11 Å². The molecule has 3 rings (SSSR count). The lowest BCUT2D eigenvalue weighted by molar-refractivity contribution is 0.156. The summed E-state index contributed by atoms with van der Waals surface area (Å²) in [4.78, 5) is 4.23. The molecule has 0 saturated heterocycles. The van der Waals surface area contributed by atoms with Crippen molar-refractivity contribution in [1.82, 2.24) is 15.3 Å². The second-order valence-electron chi connectivity index (χ2n) is 4.08. The molecule has 0 spiro atoms. The smallest absolute Gasteiger partial charge is 0.280 e. The van der Waals surface area contributed by atoms with Crippen molar-refractivity contribution in [2.24, 2.45) is 0 Å². The highest BCUT2D eigenvalue weighted by Gasteiger charge is 2.15. The van der Waals surface area contributed by atoms with Gasteiger partial charge in [0.1, 0.15) is 12.4 Å². The molecule has 0 saturated carbocycles. The molecule has 0 aliphatic rings. The average molecular weight is 273 g/mol. The zero-order valence-electron chi connectivity index (χ0n) is 10.6. The van der Waals surface area contributed by atoms with Crippen LogP contribution in [0.15, 0.2) is 39.4 Å². The largest absolute Gasteiger partial charge is 0.508 e. The Morgan fingerprint density at radius 3 is 2.70 bits per heavy atom. The zero-order chi connectivity index (χ0) is 13.9. The number of hydrogen-bond donors (Lipinski definition) is 1. The maximum atomic E-state index is 9.24. The van der Waals surface area contributed by atoms with Crippen molar-refractivity contribution in [3.05, 3.63) is 36.1 Å². The van der Waals surface area contributed by atoms with E-state index in [1.54, 1.807) is 37.4 Å². The summed E-state index contributed by atoms with van der Waals surface area (Å²) in [5.41, 5.74) is 1.19. The highest BCUT2D eigenvalue weighted by molar-refractivity contribution is 5.58. The van der Waals surface area contributed by atoms with Crippen molar-refractivity contribution in [3.63, 3.8) is 0 Å². The lowest BCUT2D eigenvalue weighted by Gasteiger charge is -1.93. The Morgan fingerprint density at radius 2 is 1.95 bits per heavy atom. The minimum Gasteiger partial charge on any atom is -0.508 e. The van der Waals surface area contributed by atoms with Gasteiger partial charge in [-0.1, -0.05) is 10.3 Å². The lowest BCUT2D eigenvalue weighted by atomic mass is 10.2. The Balaban J connectivity index is 1.87. The van der Waals surface area contributed by atoms with Gasteiger partial charge in [0.25, 0.3) is 5.89 Å². The van der Waals surface area contributed by atoms with Crippen LogP contribution < -0.4 is 0 Å². The third-order valence-corrected chi connectivity index (χ3v) is 2.62. The quantitative estimate of drug-likeness (QED) is 0.778. The molecule has 2 aromatic heterocycles. The van der Waals surface area contributed by atoms with Crippen LogP contribution in [0.1, 0.15) is 5.76 Å². The highest BCUT2D eigenvalue weighted by Crippen LogP contribution is 2.23. The number of phenols is 1. The molecule has 0 aliphatic heterocycles. The zero-order valence-corrected chi connectivity index (χ0v) is 10.6. The van der Waals surface area contributed by atoms with E-state index in [4.69, 9.17) is 13.8 Å². The first-order valence-electron chi connectivity index (χ1n) is 5.84. The third-order valence-electron chi connectivity index (χ3n) is 2.62. The van der Waals surface area contributed by atoms with E-state index in [1.165, 1.54) is 0 Å². The SMILES string of the molecule is COCc1cc(-c2nc(-c3ccc(O)cc3)no2)no1. The average Bonchev–Trinajstić information content (AvgIpc) is 3.08. The fourth-order valence-electron chi connectivity index (χ4n) is 1.68. The van der Waals surface area contributed by atoms with Crippen molar-refractivity contribution < 1.29 is 18.9 Å². The van der Waals surface area contributed by atoms with Crippen LogP contribution >= 0.6 is 0 Å². The van der Waals surface area contributed by atoms with Crippen LogP contribution in [0, 0.1) is 0 Å².